The zero-order chi connectivity index (χ0) is 12.0. The van der Waals surface area contributed by atoms with Crippen molar-refractivity contribution in [1.29, 1.82) is 0 Å². The van der Waals surface area contributed by atoms with E-state index in [0.29, 0.717) is 17.0 Å². The van der Waals surface area contributed by atoms with Gasteiger partial charge < -0.3 is 0 Å². The van der Waals surface area contributed by atoms with E-state index in [-0.39, 0.29) is 11.9 Å². The summed E-state index contributed by atoms with van der Waals surface area (Å²) < 4.78 is 13.5. The third-order valence-corrected chi connectivity index (χ3v) is 3.51. The van der Waals surface area contributed by atoms with E-state index in [1.165, 1.54) is 6.07 Å². The van der Waals surface area contributed by atoms with Gasteiger partial charge in [0.2, 0.25) is 0 Å². The number of halogens is 2. The molecular formula is C11H16ClFN2S. The molecule has 0 radical (unpaired) electrons. The van der Waals surface area contributed by atoms with Gasteiger partial charge in [0.15, 0.2) is 0 Å². The van der Waals surface area contributed by atoms with Gasteiger partial charge >= 0.3 is 0 Å². The quantitative estimate of drug-likeness (QED) is 0.611. The molecule has 0 aliphatic heterocycles. The van der Waals surface area contributed by atoms with Gasteiger partial charge in [0.1, 0.15) is 5.82 Å². The minimum absolute atomic E-state index is 0.0675. The summed E-state index contributed by atoms with van der Waals surface area (Å²) >= 11 is 7.60. The fourth-order valence-corrected chi connectivity index (χ4v) is 2.32. The smallest absolute Gasteiger partial charge is 0.126 e. The summed E-state index contributed by atoms with van der Waals surface area (Å²) in [5.41, 5.74) is 3.31. The number of benzene rings is 1. The first-order chi connectivity index (χ1) is 7.67. The number of nitrogens with two attached hydrogens (primary N) is 1. The van der Waals surface area contributed by atoms with Crippen LogP contribution in [-0.2, 0) is 6.42 Å². The molecule has 1 aromatic carbocycles. The number of nitrogens with one attached hydrogen (secondary N) is 1. The van der Waals surface area contributed by atoms with Crippen molar-refractivity contribution in [3.63, 3.8) is 0 Å². The summed E-state index contributed by atoms with van der Waals surface area (Å²) in [5, 5.41) is 0.551. The molecule has 1 rings (SSSR count). The Morgan fingerprint density at radius 1 is 1.56 bits per heavy atom. The summed E-state index contributed by atoms with van der Waals surface area (Å²) in [5.74, 6) is 7.08. The van der Waals surface area contributed by atoms with Crippen LogP contribution in [-0.4, -0.2) is 17.5 Å². The molecule has 16 heavy (non-hydrogen) atoms. The summed E-state index contributed by atoms with van der Waals surface area (Å²) in [6, 6.07) is 4.65. The molecule has 0 aromatic heterocycles. The minimum atomic E-state index is -0.230. The Morgan fingerprint density at radius 2 is 2.31 bits per heavy atom. The standard InChI is InChI=1S/C11H16ClFN2S/c1-2-16-7-10(15-14)6-8-5-9(12)3-4-11(8)13/h3-5,10,15H,2,6-7,14H2,1H3. The van der Waals surface area contributed by atoms with Gasteiger partial charge in [-0.25, -0.2) is 4.39 Å². The Morgan fingerprint density at radius 3 is 2.94 bits per heavy atom. The second kappa shape index (κ2) is 7.12. The van der Waals surface area contributed by atoms with Crippen LogP contribution in [0.2, 0.25) is 5.02 Å². The first kappa shape index (κ1) is 13.8. The lowest BCUT2D eigenvalue weighted by Gasteiger charge is -2.15. The van der Waals surface area contributed by atoms with E-state index in [4.69, 9.17) is 17.4 Å². The van der Waals surface area contributed by atoms with E-state index in [1.807, 2.05) is 0 Å². The molecule has 1 unspecified atom stereocenters. The van der Waals surface area contributed by atoms with Crippen LogP contribution >= 0.6 is 23.4 Å². The molecule has 1 atom stereocenters. The van der Waals surface area contributed by atoms with Crippen molar-refractivity contribution in [3.05, 3.63) is 34.6 Å². The maximum atomic E-state index is 13.5. The molecule has 5 heteroatoms. The fraction of sp³-hybridized carbons (Fsp3) is 0.455. The fourth-order valence-electron chi connectivity index (χ4n) is 1.39. The van der Waals surface area contributed by atoms with Crippen LogP contribution in [0.25, 0.3) is 0 Å². The van der Waals surface area contributed by atoms with Crippen molar-refractivity contribution >= 4 is 23.4 Å². The molecule has 0 amide bonds. The van der Waals surface area contributed by atoms with Crippen molar-refractivity contribution in [1.82, 2.24) is 5.43 Å². The highest BCUT2D eigenvalue weighted by molar-refractivity contribution is 7.99. The van der Waals surface area contributed by atoms with E-state index in [9.17, 15) is 4.39 Å². The van der Waals surface area contributed by atoms with Crippen molar-refractivity contribution in [2.24, 2.45) is 5.84 Å². The molecule has 2 nitrogen and oxygen atoms in total. The van der Waals surface area contributed by atoms with Crippen LogP contribution in [0.3, 0.4) is 0 Å². The monoisotopic (exact) mass is 262 g/mol. The molecule has 0 heterocycles. The van der Waals surface area contributed by atoms with E-state index < -0.39 is 0 Å². The zero-order valence-corrected chi connectivity index (χ0v) is 10.7. The largest absolute Gasteiger partial charge is 0.271 e. The second-order valence-corrected chi connectivity index (χ2v) is 5.22. The highest BCUT2D eigenvalue weighted by Gasteiger charge is 2.11. The molecule has 1 aromatic rings. The topological polar surface area (TPSA) is 38.0 Å². The SMILES string of the molecule is CCSCC(Cc1cc(Cl)ccc1F)NN. The van der Waals surface area contributed by atoms with E-state index >= 15 is 0 Å². The predicted molar refractivity (Wildman–Crippen MR) is 69.2 cm³/mol. The summed E-state index contributed by atoms with van der Waals surface area (Å²) in [6.45, 7) is 2.08. The van der Waals surface area contributed by atoms with Gasteiger partial charge in [0, 0.05) is 16.8 Å². The van der Waals surface area contributed by atoms with Gasteiger partial charge in [-0.3, -0.25) is 11.3 Å². The van der Waals surface area contributed by atoms with Crippen LogP contribution < -0.4 is 11.3 Å². The third kappa shape index (κ3) is 4.29. The Labute approximate surface area is 105 Å². The summed E-state index contributed by atoms with van der Waals surface area (Å²) in [6.07, 6.45) is 0.551. The normalized spacial score (nSPS) is 12.8. The number of rotatable bonds is 6. The van der Waals surface area contributed by atoms with Gasteiger partial charge in [-0.05, 0) is 35.9 Å². The Hall–Kier alpha value is -0.290. The van der Waals surface area contributed by atoms with Crippen molar-refractivity contribution in [2.45, 2.75) is 19.4 Å². The summed E-state index contributed by atoms with van der Waals surface area (Å²) in [7, 11) is 0. The lowest BCUT2D eigenvalue weighted by molar-refractivity contribution is 0.547. The number of hydrogen-bond donors (Lipinski definition) is 2. The number of hydrazine groups is 1. The Balaban J connectivity index is 2.65. The highest BCUT2D eigenvalue weighted by Crippen LogP contribution is 2.17. The molecule has 0 bridgehead atoms. The Bertz CT molecular complexity index is 336. The van der Waals surface area contributed by atoms with Gasteiger partial charge in [0.05, 0.1) is 0 Å². The summed E-state index contributed by atoms with van der Waals surface area (Å²) in [4.78, 5) is 0. The van der Waals surface area contributed by atoms with Gasteiger partial charge in [0.25, 0.3) is 0 Å². The van der Waals surface area contributed by atoms with Crippen molar-refractivity contribution in [3.8, 4) is 0 Å². The second-order valence-electron chi connectivity index (χ2n) is 3.46. The maximum Gasteiger partial charge on any atom is 0.126 e. The minimum Gasteiger partial charge on any atom is -0.271 e. The van der Waals surface area contributed by atoms with Crippen LogP contribution in [0.1, 0.15) is 12.5 Å². The third-order valence-electron chi connectivity index (χ3n) is 2.23. The predicted octanol–water partition coefficient (Wildman–Crippen LogP) is 2.61. The zero-order valence-electron chi connectivity index (χ0n) is 9.17. The van der Waals surface area contributed by atoms with Gasteiger partial charge in [-0.1, -0.05) is 18.5 Å². The Kier molecular flexibility index (Phi) is 6.13. The first-order valence-corrected chi connectivity index (χ1v) is 6.68. The van der Waals surface area contributed by atoms with Gasteiger partial charge in [-0.15, -0.1) is 0 Å². The molecule has 3 N–H and O–H groups in total. The van der Waals surface area contributed by atoms with Crippen molar-refractivity contribution < 1.29 is 4.39 Å². The van der Waals surface area contributed by atoms with E-state index in [0.717, 1.165) is 11.5 Å². The number of hydrogen-bond acceptors (Lipinski definition) is 3. The van der Waals surface area contributed by atoms with Crippen LogP contribution in [0.4, 0.5) is 4.39 Å². The average molecular weight is 263 g/mol. The van der Waals surface area contributed by atoms with Crippen LogP contribution in [0, 0.1) is 5.82 Å². The van der Waals surface area contributed by atoms with E-state index in [1.54, 1.807) is 23.9 Å². The van der Waals surface area contributed by atoms with Gasteiger partial charge in [-0.2, -0.15) is 11.8 Å². The molecule has 0 fully saturated rings. The molecule has 90 valence electrons. The molecular weight excluding hydrogens is 247 g/mol. The lowest BCUT2D eigenvalue weighted by Crippen LogP contribution is -2.38. The molecule has 0 aliphatic rings. The highest BCUT2D eigenvalue weighted by atomic mass is 35.5. The average Bonchev–Trinajstić information content (AvgIpc) is 2.28. The maximum absolute atomic E-state index is 13.5. The lowest BCUT2D eigenvalue weighted by atomic mass is 10.1. The van der Waals surface area contributed by atoms with Crippen molar-refractivity contribution in [2.75, 3.05) is 11.5 Å². The molecule has 0 spiro atoms. The van der Waals surface area contributed by atoms with E-state index in [2.05, 4.69) is 12.3 Å². The molecule has 0 saturated carbocycles. The first-order valence-electron chi connectivity index (χ1n) is 5.15. The molecule has 0 aliphatic carbocycles. The van der Waals surface area contributed by atoms with Crippen LogP contribution in [0.5, 0.6) is 0 Å². The number of thioether (sulfide) groups is 1. The van der Waals surface area contributed by atoms with Crippen LogP contribution in [0.15, 0.2) is 18.2 Å². The molecule has 0 saturated heterocycles.